The fraction of sp³-hybridized carbons (Fsp3) is 0.462. The lowest BCUT2D eigenvalue weighted by molar-refractivity contribution is 0.0912. The quantitative estimate of drug-likeness (QED) is 0.875. The maximum atomic E-state index is 11.9. The van der Waals surface area contributed by atoms with E-state index in [0.717, 1.165) is 17.5 Å². The molecule has 2 aromatic rings. The summed E-state index contributed by atoms with van der Waals surface area (Å²) in [7, 11) is 0. The van der Waals surface area contributed by atoms with E-state index < -0.39 is 0 Å². The van der Waals surface area contributed by atoms with E-state index in [-0.39, 0.29) is 11.9 Å². The van der Waals surface area contributed by atoms with Crippen LogP contribution in [0, 0.1) is 5.92 Å². The molecule has 0 spiro atoms. The zero-order chi connectivity index (χ0) is 12.7. The lowest BCUT2D eigenvalue weighted by Gasteiger charge is -2.28. The molecule has 0 aliphatic carbocycles. The minimum absolute atomic E-state index is 0.0204. The number of hydrogen-bond donors (Lipinski definition) is 1. The summed E-state index contributed by atoms with van der Waals surface area (Å²) in [5, 5.41) is 3.88. The van der Waals surface area contributed by atoms with Gasteiger partial charge in [-0.3, -0.25) is 4.79 Å². The molecule has 1 amide bonds. The molecule has 3 heterocycles. The number of fused-ring (bicyclic) bond motifs is 3. The van der Waals surface area contributed by atoms with Crippen LogP contribution >= 0.6 is 0 Å². The monoisotopic (exact) mass is 244 g/mol. The molecule has 1 aliphatic heterocycles. The first-order valence-electron chi connectivity index (χ1n) is 6.26. The SMILES string of the molecule is CC(C)C[C@H]1CNC(=O)c2cc3cncnc3n21. The van der Waals surface area contributed by atoms with Crippen LogP contribution < -0.4 is 5.32 Å². The van der Waals surface area contributed by atoms with Gasteiger partial charge in [0.15, 0.2) is 0 Å². The zero-order valence-corrected chi connectivity index (χ0v) is 10.6. The normalized spacial score (nSPS) is 19.1. The average molecular weight is 244 g/mol. The van der Waals surface area contributed by atoms with Crippen molar-refractivity contribution in [3.05, 3.63) is 24.3 Å². The number of hydrogen-bond acceptors (Lipinski definition) is 3. The molecule has 0 fully saturated rings. The second-order valence-corrected chi connectivity index (χ2v) is 5.19. The van der Waals surface area contributed by atoms with Gasteiger partial charge in [0.2, 0.25) is 0 Å². The standard InChI is InChI=1S/C13H16N4O/c1-8(2)3-10-6-15-13(18)11-4-9-5-14-7-16-12(9)17(10)11/h4-5,7-8,10H,3,6H2,1-2H3,(H,15,18)/t10-/m0/s1. The first-order chi connectivity index (χ1) is 8.66. The number of nitrogens with one attached hydrogen (secondary N) is 1. The molecule has 18 heavy (non-hydrogen) atoms. The van der Waals surface area contributed by atoms with Crippen LogP contribution in [0.5, 0.6) is 0 Å². The molecule has 0 saturated heterocycles. The summed E-state index contributed by atoms with van der Waals surface area (Å²) in [6.45, 7) is 5.06. The molecule has 3 rings (SSSR count). The van der Waals surface area contributed by atoms with Crippen LogP contribution in [0.4, 0.5) is 0 Å². The Morgan fingerprint density at radius 3 is 3.17 bits per heavy atom. The topological polar surface area (TPSA) is 59.8 Å². The van der Waals surface area contributed by atoms with Crippen molar-refractivity contribution in [3.63, 3.8) is 0 Å². The highest BCUT2D eigenvalue weighted by Crippen LogP contribution is 2.28. The maximum Gasteiger partial charge on any atom is 0.268 e. The molecule has 0 bridgehead atoms. The molecule has 1 aliphatic rings. The molecule has 0 aromatic carbocycles. The summed E-state index contributed by atoms with van der Waals surface area (Å²) in [5.41, 5.74) is 1.56. The van der Waals surface area contributed by atoms with Crippen molar-refractivity contribution < 1.29 is 4.79 Å². The molecular weight excluding hydrogens is 228 g/mol. The van der Waals surface area contributed by atoms with Gasteiger partial charge >= 0.3 is 0 Å². The van der Waals surface area contributed by atoms with Gasteiger partial charge in [0.1, 0.15) is 17.7 Å². The van der Waals surface area contributed by atoms with Gasteiger partial charge in [0.05, 0.1) is 6.04 Å². The Morgan fingerprint density at radius 1 is 1.56 bits per heavy atom. The zero-order valence-electron chi connectivity index (χ0n) is 10.6. The summed E-state index contributed by atoms with van der Waals surface area (Å²) in [6, 6.07) is 2.15. The molecule has 0 unspecified atom stereocenters. The van der Waals surface area contributed by atoms with Crippen LogP contribution in [-0.2, 0) is 0 Å². The number of rotatable bonds is 2. The van der Waals surface area contributed by atoms with E-state index in [0.29, 0.717) is 18.2 Å². The molecule has 2 aromatic heterocycles. The summed E-state index contributed by atoms with van der Waals surface area (Å²) in [5.74, 6) is 0.560. The lowest BCUT2D eigenvalue weighted by Crippen LogP contribution is -2.39. The van der Waals surface area contributed by atoms with Gasteiger partial charge in [-0.1, -0.05) is 13.8 Å². The molecule has 0 radical (unpaired) electrons. The minimum Gasteiger partial charge on any atom is -0.349 e. The molecular formula is C13H16N4O. The van der Waals surface area contributed by atoms with Gasteiger partial charge in [-0.25, -0.2) is 9.97 Å². The van der Waals surface area contributed by atoms with E-state index in [1.165, 1.54) is 6.33 Å². The van der Waals surface area contributed by atoms with Crippen molar-refractivity contribution in [3.8, 4) is 0 Å². The van der Waals surface area contributed by atoms with E-state index in [2.05, 4.69) is 33.7 Å². The molecule has 5 heteroatoms. The molecule has 0 saturated carbocycles. The Kier molecular flexibility index (Phi) is 2.54. The van der Waals surface area contributed by atoms with Crippen molar-refractivity contribution in [2.75, 3.05) is 6.54 Å². The van der Waals surface area contributed by atoms with Crippen molar-refractivity contribution in [2.24, 2.45) is 5.92 Å². The summed E-state index contributed by atoms with van der Waals surface area (Å²) in [6.07, 6.45) is 4.32. The second-order valence-electron chi connectivity index (χ2n) is 5.19. The maximum absolute atomic E-state index is 11.9. The Balaban J connectivity index is 2.17. The van der Waals surface area contributed by atoms with Crippen LogP contribution in [0.3, 0.4) is 0 Å². The van der Waals surface area contributed by atoms with Crippen molar-refractivity contribution in [1.82, 2.24) is 19.9 Å². The summed E-state index contributed by atoms with van der Waals surface area (Å²) >= 11 is 0. The largest absolute Gasteiger partial charge is 0.349 e. The van der Waals surface area contributed by atoms with Gasteiger partial charge in [0, 0.05) is 18.1 Å². The van der Waals surface area contributed by atoms with E-state index in [9.17, 15) is 4.79 Å². The Bertz CT molecular complexity index is 602. The van der Waals surface area contributed by atoms with Gasteiger partial charge in [-0.15, -0.1) is 0 Å². The fourth-order valence-corrected chi connectivity index (χ4v) is 2.64. The van der Waals surface area contributed by atoms with Crippen LogP contribution in [0.1, 0.15) is 36.8 Å². The van der Waals surface area contributed by atoms with Crippen molar-refractivity contribution >= 4 is 16.9 Å². The minimum atomic E-state index is -0.0204. The summed E-state index contributed by atoms with van der Waals surface area (Å²) in [4.78, 5) is 20.2. The smallest absolute Gasteiger partial charge is 0.268 e. The van der Waals surface area contributed by atoms with Gasteiger partial charge in [-0.05, 0) is 18.4 Å². The van der Waals surface area contributed by atoms with Crippen LogP contribution in [-0.4, -0.2) is 27.0 Å². The van der Waals surface area contributed by atoms with Crippen LogP contribution in [0.2, 0.25) is 0 Å². The van der Waals surface area contributed by atoms with Crippen molar-refractivity contribution in [2.45, 2.75) is 26.3 Å². The Labute approximate surface area is 105 Å². The third-order valence-corrected chi connectivity index (χ3v) is 3.34. The molecule has 94 valence electrons. The van der Waals surface area contributed by atoms with Crippen LogP contribution in [0.15, 0.2) is 18.6 Å². The highest BCUT2D eigenvalue weighted by atomic mass is 16.2. The Morgan fingerprint density at radius 2 is 2.39 bits per heavy atom. The predicted octanol–water partition coefficient (Wildman–Crippen LogP) is 1.76. The molecule has 1 atom stereocenters. The lowest BCUT2D eigenvalue weighted by atomic mass is 10.0. The third kappa shape index (κ3) is 1.66. The average Bonchev–Trinajstić information content (AvgIpc) is 2.73. The predicted molar refractivity (Wildman–Crippen MR) is 68.4 cm³/mol. The number of nitrogens with zero attached hydrogens (tertiary/aromatic N) is 3. The number of carbonyl (C=O) groups excluding carboxylic acids is 1. The summed E-state index contributed by atoms with van der Waals surface area (Å²) < 4.78 is 2.07. The second kappa shape index (κ2) is 4.08. The van der Waals surface area contributed by atoms with Gasteiger partial charge in [0.25, 0.3) is 5.91 Å². The van der Waals surface area contributed by atoms with E-state index in [1.807, 2.05) is 6.07 Å². The van der Waals surface area contributed by atoms with E-state index in [4.69, 9.17) is 0 Å². The number of carbonyl (C=O) groups is 1. The van der Waals surface area contributed by atoms with Gasteiger partial charge in [-0.2, -0.15) is 0 Å². The first-order valence-corrected chi connectivity index (χ1v) is 6.26. The first kappa shape index (κ1) is 11.2. The van der Waals surface area contributed by atoms with Crippen LogP contribution in [0.25, 0.3) is 11.0 Å². The van der Waals surface area contributed by atoms with Gasteiger partial charge < -0.3 is 9.88 Å². The number of amides is 1. The van der Waals surface area contributed by atoms with Crippen molar-refractivity contribution in [1.29, 1.82) is 0 Å². The fourth-order valence-electron chi connectivity index (χ4n) is 2.64. The molecule has 5 nitrogen and oxygen atoms in total. The van der Waals surface area contributed by atoms with E-state index >= 15 is 0 Å². The number of aromatic nitrogens is 3. The Hall–Kier alpha value is -1.91. The highest BCUT2D eigenvalue weighted by molar-refractivity contribution is 5.98. The molecule has 1 N–H and O–H groups in total. The van der Waals surface area contributed by atoms with E-state index in [1.54, 1.807) is 6.20 Å². The highest BCUT2D eigenvalue weighted by Gasteiger charge is 2.27. The third-order valence-electron chi connectivity index (χ3n) is 3.34.